The molecule has 1 aliphatic rings. The molecule has 2 aromatic carbocycles. The number of methoxy groups -OCH3 is 1. The summed E-state index contributed by atoms with van der Waals surface area (Å²) in [5.41, 5.74) is 5.31. The normalized spacial score (nSPS) is 13.5. The zero-order valence-corrected chi connectivity index (χ0v) is 15.2. The molecule has 0 radical (unpaired) electrons. The number of hydrogen-bond acceptors (Lipinski definition) is 4. The lowest BCUT2D eigenvalue weighted by Gasteiger charge is -2.16. The highest BCUT2D eigenvalue weighted by molar-refractivity contribution is 7.22. The Labute approximate surface area is 150 Å². The number of hydrogen-bond donors (Lipinski definition) is 1. The minimum atomic E-state index is -0.107. The summed E-state index contributed by atoms with van der Waals surface area (Å²) < 4.78 is 6.42. The Bertz CT molecular complexity index is 962. The van der Waals surface area contributed by atoms with Crippen LogP contribution in [0.5, 0.6) is 5.75 Å². The van der Waals surface area contributed by atoms with Gasteiger partial charge in [0.05, 0.1) is 11.8 Å². The number of carbonyl (C=O) groups excluding carboxylic acids is 1. The van der Waals surface area contributed by atoms with Crippen molar-refractivity contribution in [2.45, 2.75) is 32.6 Å². The summed E-state index contributed by atoms with van der Waals surface area (Å²) >= 11 is 1.48. The SMILES string of the molecule is COc1ccc(C)c2sc(NC(=O)c3ccc4c(c3)CCCC4)nc12. The number of nitrogens with zero attached hydrogens (tertiary/aromatic N) is 1. The molecule has 25 heavy (non-hydrogen) atoms. The van der Waals surface area contributed by atoms with Crippen molar-refractivity contribution in [3.63, 3.8) is 0 Å². The molecule has 5 heteroatoms. The first-order valence-electron chi connectivity index (χ1n) is 8.53. The molecule has 1 aliphatic carbocycles. The van der Waals surface area contributed by atoms with E-state index in [1.54, 1.807) is 7.11 Å². The lowest BCUT2D eigenvalue weighted by Crippen LogP contribution is -2.13. The number of amides is 1. The van der Waals surface area contributed by atoms with E-state index in [1.807, 2.05) is 31.2 Å². The average molecular weight is 352 g/mol. The second-order valence-electron chi connectivity index (χ2n) is 6.43. The monoisotopic (exact) mass is 352 g/mol. The van der Waals surface area contributed by atoms with Crippen molar-refractivity contribution in [3.8, 4) is 5.75 Å². The smallest absolute Gasteiger partial charge is 0.257 e. The molecule has 0 unspecified atom stereocenters. The molecular weight excluding hydrogens is 332 g/mol. The second kappa shape index (κ2) is 6.48. The van der Waals surface area contributed by atoms with Crippen molar-refractivity contribution in [2.75, 3.05) is 12.4 Å². The lowest BCUT2D eigenvalue weighted by molar-refractivity contribution is 0.102. The van der Waals surface area contributed by atoms with Crippen molar-refractivity contribution < 1.29 is 9.53 Å². The van der Waals surface area contributed by atoms with Gasteiger partial charge in [0.1, 0.15) is 11.3 Å². The molecule has 1 amide bonds. The number of aryl methyl sites for hydroxylation is 3. The van der Waals surface area contributed by atoms with Gasteiger partial charge >= 0.3 is 0 Å². The highest BCUT2D eigenvalue weighted by atomic mass is 32.1. The van der Waals surface area contributed by atoms with Gasteiger partial charge in [-0.2, -0.15) is 0 Å². The maximum absolute atomic E-state index is 12.6. The van der Waals surface area contributed by atoms with E-state index in [0.29, 0.717) is 10.7 Å². The molecule has 1 N–H and O–H groups in total. The van der Waals surface area contributed by atoms with E-state index in [0.717, 1.165) is 34.4 Å². The minimum absolute atomic E-state index is 0.107. The predicted molar refractivity (Wildman–Crippen MR) is 102 cm³/mol. The van der Waals surface area contributed by atoms with E-state index < -0.39 is 0 Å². The number of anilines is 1. The Hall–Kier alpha value is -2.40. The van der Waals surface area contributed by atoms with Crippen LogP contribution in [-0.2, 0) is 12.8 Å². The summed E-state index contributed by atoms with van der Waals surface area (Å²) in [6, 6.07) is 9.96. The quantitative estimate of drug-likeness (QED) is 0.740. The van der Waals surface area contributed by atoms with E-state index in [4.69, 9.17) is 4.74 Å². The van der Waals surface area contributed by atoms with Gasteiger partial charge in [-0.25, -0.2) is 4.98 Å². The highest BCUT2D eigenvalue weighted by Crippen LogP contribution is 2.35. The first-order valence-corrected chi connectivity index (χ1v) is 9.34. The zero-order chi connectivity index (χ0) is 17.4. The Morgan fingerprint density at radius 2 is 1.96 bits per heavy atom. The number of fused-ring (bicyclic) bond motifs is 2. The van der Waals surface area contributed by atoms with Gasteiger partial charge in [0.25, 0.3) is 5.91 Å². The van der Waals surface area contributed by atoms with Crippen LogP contribution in [0.4, 0.5) is 5.13 Å². The van der Waals surface area contributed by atoms with Gasteiger partial charge in [0, 0.05) is 5.56 Å². The fourth-order valence-electron chi connectivity index (χ4n) is 3.37. The molecule has 0 bridgehead atoms. The molecule has 0 aliphatic heterocycles. The van der Waals surface area contributed by atoms with Gasteiger partial charge in [-0.3, -0.25) is 10.1 Å². The number of rotatable bonds is 3. The van der Waals surface area contributed by atoms with Crippen LogP contribution in [0.1, 0.15) is 39.9 Å². The first-order chi connectivity index (χ1) is 12.2. The third kappa shape index (κ3) is 3.00. The van der Waals surface area contributed by atoms with Crippen molar-refractivity contribution in [3.05, 3.63) is 52.6 Å². The Balaban J connectivity index is 1.62. The maximum Gasteiger partial charge on any atom is 0.257 e. The first kappa shape index (κ1) is 16.1. The molecule has 0 atom stereocenters. The molecule has 0 saturated carbocycles. The van der Waals surface area contributed by atoms with E-state index in [-0.39, 0.29) is 5.91 Å². The average Bonchev–Trinajstić information content (AvgIpc) is 3.06. The molecule has 0 saturated heterocycles. The topological polar surface area (TPSA) is 51.2 Å². The fourth-order valence-corrected chi connectivity index (χ4v) is 4.32. The van der Waals surface area contributed by atoms with Gasteiger partial charge in [0.15, 0.2) is 5.13 Å². The van der Waals surface area contributed by atoms with Gasteiger partial charge < -0.3 is 4.74 Å². The van der Waals surface area contributed by atoms with Crippen LogP contribution in [0, 0.1) is 6.92 Å². The van der Waals surface area contributed by atoms with E-state index in [9.17, 15) is 4.79 Å². The number of carbonyl (C=O) groups is 1. The van der Waals surface area contributed by atoms with Crippen molar-refractivity contribution in [1.29, 1.82) is 0 Å². The Morgan fingerprint density at radius 3 is 2.76 bits per heavy atom. The van der Waals surface area contributed by atoms with Crippen LogP contribution in [0.2, 0.25) is 0 Å². The molecule has 4 nitrogen and oxygen atoms in total. The van der Waals surface area contributed by atoms with E-state index in [1.165, 1.54) is 35.3 Å². The molecule has 0 fully saturated rings. The zero-order valence-electron chi connectivity index (χ0n) is 14.4. The van der Waals surface area contributed by atoms with Crippen molar-refractivity contribution in [1.82, 2.24) is 4.98 Å². The molecule has 0 spiro atoms. The molecule has 128 valence electrons. The summed E-state index contributed by atoms with van der Waals surface area (Å²) in [5.74, 6) is 0.621. The third-order valence-electron chi connectivity index (χ3n) is 4.75. The van der Waals surface area contributed by atoms with Crippen LogP contribution in [0.15, 0.2) is 30.3 Å². The third-order valence-corrected chi connectivity index (χ3v) is 5.86. The van der Waals surface area contributed by atoms with Gasteiger partial charge in [-0.05, 0) is 67.5 Å². The van der Waals surface area contributed by atoms with Gasteiger partial charge in [-0.15, -0.1) is 0 Å². The van der Waals surface area contributed by atoms with Crippen LogP contribution < -0.4 is 10.1 Å². The van der Waals surface area contributed by atoms with E-state index >= 15 is 0 Å². The van der Waals surface area contributed by atoms with Crippen molar-refractivity contribution >= 4 is 32.6 Å². The molecule has 3 aromatic rings. The van der Waals surface area contributed by atoms with Gasteiger partial charge in [-0.1, -0.05) is 23.5 Å². The van der Waals surface area contributed by atoms with Crippen LogP contribution >= 0.6 is 11.3 Å². The minimum Gasteiger partial charge on any atom is -0.494 e. The van der Waals surface area contributed by atoms with Crippen LogP contribution in [0.25, 0.3) is 10.2 Å². The van der Waals surface area contributed by atoms with Gasteiger partial charge in [0.2, 0.25) is 0 Å². The number of nitrogens with one attached hydrogen (secondary N) is 1. The molecular formula is C20H20N2O2S. The van der Waals surface area contributed by atoms with Crippen molar-refractivity contribution in [2.24, 2.45) is 0 Å². The Morgan fingerprint density at radius 1 is 1.16 bits per heavy atom. The molecule has 4 rings (SSSR count). The standard InChI is InChI=1S/C20H20N2O2S/c1-12-7-10-16(24-2)17-18(12)25-20(21-17)22-19(23)15-9-8-13-5-3-4-6-14(13)11-15/h7-11H,3-6H2,1-2H3,(H,21,22,23). The largest absolute Gasteiger partial charge is 0.494 e. The van der Waals surface area contributed by atoms with Crippen LogP contribution in [-0.4, -0.2) is 18.0 Å². The molecule has 1 aromatic heterocycles. The molecule has 1 heterocycles. The summed E-state index contributed by atoms with van der Waals surface area (Å²) in [6.45, 7) is 2.04. The Kier molecular flexibility index (Phi) is 4.17. The number of thiazole rings is 1. The highest BCUT2D eigenvalue weighted by Gasteiger charge is 2.16. The lowest BCUT2D eigenvalue weighted by atomic mass is 9.90. The number of ether oxygens (including phenoxy) is 1. The number of aromatic nitrogens is 1. The van der Waals surface area contributed by atoms with E-state index in [2.05, 4.69) is 16.4 Å². The summed E-state index contributed by atoms with van der Waals surface area (Å²) in [4.78, 5) is 17.2. The summed E-state index contributed by atoms with van der Waals surface area (Å²) in [6.07, 6.45) is 4.63. The summed E-state index contributed by atoms with van der Waals surface area (Å²) in [5, 5.41) is 3.55. The van der Waals surface area contributed by atoms with Crippen LogP contribution in [0.3, 0.4) is 0 Å². The fraction of sp³-hybridized carbons (Fsp3) is 0.300. The predicted octanol–water partition coefficient (Wildman–Crippen LogP) is 4.74. The second-order valence-corrected chi connectivity index (χ2v) is 7.43. The summed E-state index contributed by atoms with van der Waals surface area (Å²) in [7, 11) is 1.63. The number of benzene rings is 2. The maximum atomic E-state index is 12.6.